The highest BCUT2D eigenvalue weighted by Crippen LogP contribution is 2.31. The number of ether oxygens (including phenoxy) is 1. The molecule has 2 aliphatic rings. The zero-order valence-electron chi connectivity index (χ0n) is 20.4. The van der Waals surface area contributed by atoms with Gasteiger partial charge in [-0.2, -0.15) is 4.39 Å². The molecule has 188 valence electrons. The van der Waals surface area contributed by atoms with Crippen molar-refractivity contribution in [2.45, 2.75) is 18.9 Å². The number of piperidine rings is 1. The largest absolute Gasteiger partial charge is 0.481 e. The van der Waals surface area contributed by atoms with Crippen LogP contribution in [0, 0.1) is 5.95 Å². The van der Waals surface area contributed by atoms with E-state index in [4.69, 9.17) is 9.72 Å². The molecule has 8 heteroatoms. The fourth-order valence-corrected chi connectivity index (χ4v) is 5.65. The predicted octanol–water partition coefficient (Wildman–Crippen LogP) is 5.14. The number of para-hydroxylation sites is 2. The van der Waals surface area contributed by atoms with Crippen LogP contribution in [0.5, 0.6) is 5.88 Å². The van der Waals surface area contributed by atoms with Crippen molar-refractivity contribution in [3.63, 3.8) is 0 Å². The number of aromatic nitrogens is 2. The molecule has 4 aromatic rings. The van der Waals surface area contributed by atoms with E-state index in [1.165, 1.54) is 11.8 Å². The maximum absolute atomic E-state index is 13.8. The van der Waals surface area contributed by atoms with Crippen LogP contribution in [0.25, 0.3) is 21.8 Å². The molecule has 4 heterocycles. The number of halogens is 2. The predicted molar refractivity (Wildman–Crippen MR) is 146 cm³/mol. The molecule has 0 unspecified atom stereocenters. The second-order valence-corrected chi connectivity index (χ2v) is 9.43. The summed E-state index contributed by atoms with van der Waals surface area (Å²) in [5, 5.41) is 2.13. The van der Waals surface area contributed by atoms with Crippen LogP contribution in [0.4, 0.5) is 15.8 Å². The van der Waals surface area contributed by atoms with E-state index >= 15 is 0 Å². The van der Waals surface area contributed by atoms with Crippen LogP contribution in [-0.4, -0.2) is 67.3 Å². The molecule has 0 atom stereocenters. The molecule has 36 heavy (non-hydrogen) atoms. The molecule has 6 nitrogen and oxygen atoms in total. The molecule has 2 aromatic heterocycles. The van der Waals surface area contributed by atoms with Crippen molar-refractivity contribution in [2.24, 2.45) is 0 Å². The summed E-state index contributed by atoms with van der Waals surface area (Å²) < 4.78 is 19.2. The van der Waals surface area contributed by atoms with Crippen LogP contribution in [-0.2, 0) is 0 Å². The monoisotopic (exact) mass is 507 g/mol. The minimum Gasteiger partial charge on any atom is -0.481 e. The fraction of sp³-hybridized carbons (Fsp3) is 0.357. The van der Waals surface area contributed by atoms with Gasteiger partial charge in [0.05, 0.1) is 29.5 Å². The van der Waals surface area contributed by atoms with E-state index in [1.807, 2.05) is 24.3 Å². The van der Waals surface area contributed by atoms with Crippen LogP contribution in [0.1, 0.15) is 12.8 Å². The summed E-state index contributed by atoms with van der Waals surface area (Å²) in [4.78, 5) is 16.4. The molecule has 0 amide bonds. The van der Waals surface area contributed by atoms with E-state index in [0.717, 1.165) is 79.6 Å². The summed E-state index contributed by atoms with van der Waals surface area (Å²) in [5.74, 6) is 0.233. The van der Waals surface area contributed by atoms with Gasteiger partial charge in [0.1, 0.15) is 0 Å². The average molecular weight is 508 g/mol. The van der Waals surface area contributed by atoms with Crippen LogP contribution < -0.4 is 14.5 Å². The van der Waals surface area contributed by atoms with E-state index in [2.05, 4.69) is 50.0 Å². The number of pyridine rings is 2. The second-order valence-electron chi connectivity index (χ2n) is 9.43. The van der Waals surface area contributed by atoms with Gasteiger partial charge in [0.15, 0.2) is 0 Å². The van der Waals surface area contributed by atoms with Crippen molar-refractivity contribution in [1.29, 1.82) is 0 Å². The van der Waals surface area contributed by atoms with Crippen molar-refractivity contribution in [3.8, 4) is 5.88 Å². The second kappa shape index (κ2) is 10.4. The lowest BCUT2D eigenvalue weighted by Crippen LogP contribution is -2.53. The Hall–Kier alpha value is -3.16. The number of hydrogen-bond acceptors (Lipinski definition) is 6. The van der Waals surface area contributed by atoms with Gasteiger partial charge in [-0.1, -0.05) is 24.3 Å². The minimum atomic E-state index is -0.419. The normalized spacial score (nSPS) is 17.4. The topological polar surface area (TPSA) is 44.7 Å². The average Bonchev–Trinajstić information content (AvgIpc) is 2.92. The summed E-state index contributed by atoms with van der Waals surface area (Å²) in [6, 6.07) is 20.3. The maximum Gasteiger partial charge on any atom is 0.213 e. The molecule has 0 aliphatic carbocycles. The van der Waals surface area contributed by atoms with Gasteiger partial charge in [0.25, 0.3) is 0 Å². The molecule has 6 rings (SSSR count). The molecule has 2 saturated heterocycles. The highest BCUT2D eigenvalue weighted by Gasteiger charge is 2.29. The van der Waals surface area contributed by atoms with E-state index in [9.17, 15) is 4.39 Å². The first-order chi connectivity index (χ1) is 17.2. The summed E-state index contributed by atoms with van der Waals surface area (Å²) >= 11 is 0. The van der Waals surface area contributed by atoms with E-state index in [-0.39, 0.29) is 12.4 Å². The van der Waals surface area contributed by atoms with Gasteiger partial charge in [-0.3, -0.25) is 4.90 Å². The minimum absolute atomic E-state index is 0. The number of hydrogen-bond donors (Lipinski definition) is 0. The Morgan fingerprint density at radius 3 is 1.94 bits per heavy atom. The lowest BCUT2D eigenvalue weighted by molar-refractivity contribution is 0.160. The zero-order chi connectivity index (χ0) is 23.8. The highest BCUT2D eigenvalue weighted by atomic mass is 35.5. The smallest absolute Gasteiger partial charge is 0.213 e. The number of methoxy groups -OCH3 is 1. The van der Waals surface area contributed by atoms with E-state index < -0.39 is 5.95 Å². The molecule has 2 fully saturated rings. The summed E-state index contributed by atoms with van der Waals surface area (Å²) in [7, 11) is 1.66. The van der Waals surface area contributed by atoms with Gasteiger partial charge in [-0.05, 0) is 43.2 Å². The maximum atomic E-state index is 13.8. The van der Waals surface area contributed by atoms with Crippen molar-refractivity contribution < 1.29 is 9.13 Å². The van der Waals surface area contributed by atoms with Gasteiger partial charge in [-0.15, -0.1) is 12.4 Å². The quantitative estimate of drug-likeness (QED) is 0.356. The number of anilines is 2. The Bertz CT molecular complexity index is 1350. The Morgan fingerprint density at radius 1 is 0.722 bits per heavy atom. The lowest BCUT2D eigenvalue weighted by Gasteiger charge is -2.44. The molecule has 2 aromatic carbocycles. The SMILES string of the molecule is COc1ccc2cccc(N3CCN(C4CCN(c5cccc6ccc(F)nc56)CC4)CC3)c2n1.Cl. The van der Waals surface area contributed by atoms with Crippen molar-refractivity contribution in [3.05, 3.63) is 66.6 Å². The third-order valence-electron chi connectivity index (χ3n) is 7.52. The van der Waals surface area contributed by atoms with Crippen LogP contribution in [0.2, 0.25) is 0 Å². The standard InChI is InChI=1S/C28H30FN5O.ClH/c1-35-26-11-9-21-5-3-7-24(28(21)31-26)34-18-16-32(17-19-34)22-12-14-33(15-13-22)23-6-2-4-20-8-10-25(29)30-27(20)23;/h2-11,22H,12-19H2,1H3;1H. The molecule has 0 N–H and O–H groups in total. The van der Waals surface area contributed by atoms with E-state index in [1.54, 1.807) is 7.11 Å². The van der Waals surface area contributed by atoms with Crippen LogP contribution >= 0.6 is 12.4 Å². The van der Waals surface area contributed by atoms with Gasteiger partial charge in [-0.25, -0.2) is 9.97 Å². The summed E-state index contributed by atoms with van der Waals surface area (Å²) in [5.41, 5.74) is 4.00. The van der Waals surface area contributed by atoms with Gasteiger partial charge in [0, 0.05) is 62.1 Å². The van der Waals surface area contributed by atoms with Crippen molar-refractivity contribution in [1.82, 2.24) is 14.9 Å². The number of rotatable bonds is 4. The van der Waals surface area contributed by atoms with E-state index in [0.29, 0.717) is 11.9 Å². The first-order valence-corrected chi connectivity index (χ1v) is 12.4. The number of piperazine rings is 1. The number of nitrogens with zero attached hydrogens (tertiary/aromatic N) is 5. The summed E-state index contributed by atoms with van der Waals surface area (Å²) in [6.45, 7) is 6.01. The molecule has 0 bridgehead atoms. The number of benzene rings is 2. The Labute approximate surface area is 217 Å². The molecular weight excluding hydrogens is 477 g/mol. The third-order valence-corrected chi connectivity index (χ3v) is 7.52. The molecule has 0 saturated carbocycles. The Morgan fingerprint density at radius 2 is 1.31 bits per heavy atom. The fourth-order valence-electron chi connectivity index (χ4n) is 5.65. The van der Waals surface area contributed by atoms with Gasteiger partial charge < -0.3 is 14.5 Å². The number of fused-ring (bicyclic) bond motifs is 2. The van der Waals surface area contributed by atoms with Crippen LogP contribution in [0.15, 0.2) is 60.7 Å². The first kappa shape index (κ1) is 24.5. The van der Waals surface area contributed by atoms with Gasteiger partial charge in [0.2, 0.25) is 11.8 Å². The van der Waals surface area contributed by atoms with Crippen LogP contribution in [0.3, 0.4) is 0 Å². The molecular formula is C28H31ClFN5O. The molecule has 0 spiro atoms. The zero-order valence-corrected chi connectivity index (χ0v) is 21.3. The van der Waals surface area contributed by atoms with Crippen molar-refractivity contribution >= 4 is 45.6 Å². The molecule has 2 aliphatic heterocycles. The highest BCUT2D eigenvalue weighted by molar-refractivity contribution is 5.92. The first-order valence-electron chi connectivity index (χ1n) is 12.4. The Balaban J connectivity index is 0.00000267. The Kier molecular flexibility index (Phi) is 7.12. The van der Waals surface area contributed by atoms with Gasteiger partial charge >= 0.3 is 0 Å². The lowest BCUT2D eigenvalue weighted by atomic mass is 10.0. The molecule has 0 radical (unpaired) electrons. The third kappa shape index (κ3) is 4.65. The summed E-state index contributed by atoms with van der Waals surface area (Å²) in [6.07, 6.45) is 2.22. The van der Waals surface area contributed by atoms with Crippen molar-refractivity contribution in [2.75, 3.05) is 56.2 Å².